The van der Waals surface area contributed by atoms with Gasteiger partial charge in [0.25, 0.3) is 0 Å². The Hall–Kier alpha value is -2.27. The highest BCUT2D eigenvalue weighted by Gasteiger charge is 2.27. The second-order valence-corrected chi connectivity index (χ2v) is 7.34. The van der Waals surface area contributed by atoms with Crippen molar-refractivity contribution in [3.05, 3.63) is 58.7 Å². The molecule has 1 aliphatic heterocycles. The first kappa shape index (κ1) is 17.2. The Morgan fingerprint density at radius 3 is 3.00 bits per heavy atom. The maximum absolute atomic E-state index is 6.27. The second kappa shape index (κ2) is 7.54. The van der Waals surface area contributed by atoms with E-state index in [0.29, 0.717) is 17.0 Å². The Kier molecular flexibility index (Phi) is 4.98. The summed E-state index contributed by atoms with van der Waals surface area (Å²) in [4.78, 5) is 11.0. The number of fused-ring (bicyclic) bond motifs is 1. The fourth-order valence-corrected chi connectivity index (χ4v) is 4.07. The predicted octanol–water partition coefficient (Wildman–Crippen LogP) is 2.82. The fourth-order valence-electron chi connectivity index (χ4n) is 3.83. The summed E-state index contributed by atoms with van der Waals surface area (Å²) < 4.78 is 0. The molecule has 0 amide bonds. The smallest absolute Gasteiger partial charge is 0.191 e. The molecule has 1 aromatic carbocycles. The summed E-state index contributed by atoms with van der Waals surface area (Å²) in [5.74, 6) is 2.32. The molecule has 2 aromatic rings. The molecule has 0 spiro atoms. The molecule has 26 heavy (non-hydrogen) atoms. The number of pyridine rings is 1. The van der Waals surface area contributed by atoms with Gasteiger partial charge in [0.05, 0.1) is 5.02 Å². The zero-order valence-corrected chi connectivity index (χ0v) is 15.7. The van der Waals surface area contributed by atoms with Gasteiger partial charge in [-0.05, 0) is 36.1 Å². The third kappa shape index (κ3) is 3.49. The van der Waals surface area contributed by atoms with Crippen LogP contribution in [0.3, 0.4) is 0 Å². The van der Waals surface area contributed by atoms with Crippen LogP contribution in [-0.2, 0) is 6.42 Å². The van der Waals surface area contributed by atoms with E-state index in [9.17, 15) is 0 Å². The first-order chi connectivity index (χ1) is 12.7. The third-order valence-electron chi connectivity index (χ3n) is 5.27. The number of guanidine groups is 1. The lowest BCUT2D eigenvalue weighted by molar-refractivity contribution is 0.574. The van der Waals surface area contributed by atoms with Crippen LogP contribution in [0, 0.1) is 0 Å². The first-order valence-electron chi connectivity index (χ1n) is 9.15. The molecule has 2 atom stereocenters. The SMILES string of the molecule is CN=C(NCC1Cc2ccccc21)NC1CCN(c2ncccc2Cl)C1. The van der Waals surface area contributed by atoms with E-state index in [1.807, 2.05) is 19.2 Å². The van der Waals surface area contributed by atoms with Gasteiger partial charge < -0.3 is 15.5 Å². The maximum atomic E-state index is 6.27. The van der Waals surface area contributed by atoms with Crippen LogP contribution in [0.5, 0.6) is 0 Å². The normalized spacial score (nSPS) is 21.9. The van der Waals surface area contributed by atoms with Gasteiger partial charge in [-0.1, -0.05) is 35.9 Å². The summed E-state index contributed by atoms with van der Waals surface area (Å²) in [6.45, 7) is 2.74. The van der Waals surface area contributed by atoms with Gasteiger partial charge in [-0.15, -0.1) is 0 Å². The lowest BCUT2D eigenvalue weighted by atomic mass is 9.78. The summed E-state index contributed by atoms with van der Waals surface area (Å²) in [7, 11) is 1.83. The number of halogens is 1. The molecule has 0 saturated carbocycles. The van der Waals surface area contributed by atoms with Crippen LogP contribution >= 0.6 is 11.6 Å². The molecule has 1 aliphatic carbocycles. The molecule has 2 unspecified atom stereocenters. The van der Waals surface area contributed by atoms with Crippen molar-refractivity contribution in [2.75, 3.05) is 31.6 Å². The van der Waals surface area contributed by atoms with Crippen LogP contribution in [0.15, 0.2) is 47.6 Å². The summed E-state index contributed by atoms with van der Waals surface area (Å²) in [6.07, 6.45) is 3.98. The first-order valence-corrected chi connectivity index (χ1v) is 9.53. The van der Waals surface area contributed by atoms with Gasteiger partial charge >= 0.3 is 0 Å². The number of aromatic nitrogens is 1. The van der Waals surface area contributed by atoms with Crippen LogP contribution < -0.4 is 15.5 Å². The number of hydrogen-bond donors (Lipinski definition) is 2. The van der Waals surface area contributed by atoms with Crippen molar-refractivity contribution in [2.24, 2.45) is 4.99 Å². The highest BCUT2D eigenvalue weighted by molar-refractivity contribution is 6.32. The number of nitrogens with one attached hydrogen (secondary N) is 2. The zero-order chi connectivity index (χ0) is 17.9. The Bertz CT molecular complexity index is 806. The third-order valence-corrected chi connectivity index (χ3v) is 5.56. The van der Waals surface area contributed by atoms with Crippen molar-refractivity contribution in [1.29, 1.82) is 0 Å². The molecule has 0 bridgehead atoms. The van der Waals surface area contributed by atoms with E-state index >= 15 is 0 Å². The summed E-state index contributed by atoms with van der Waals surface area (Å²) in [5.41, 5.74) is 2.94. The van der Waals surface area contributed by atoms with Crippen molar-refractivity contribution < 1.29 is 0 Å². The van der Waals surface area contributed by atoms with E-state index in [1.165, 1.54) is 11.1 Å². The molecule has 2 N–H and O–H groups in total. The van der Waals surface area contributed by atoms with Gasteiger partial charge in [0.2, 0.25) is 0 Å². The highest BCUT2D eigenvalue weighted by atomic mass is 35.5. The van der Waals surface area contributed by atoms with Crippen molar-refractivity contribution in [1.82, 2.24) is 15.6 Å². The molecule has 0 radical (unpaired) electrons. The lowest BCUT2D eigenvalue weighted by Gasteiger charge is -2.31. The monoisotopic (exact) mass is 369 g/mol. The molecule has 4 rings (SSSR count). The fraction of sp³-hybridized carbons (Fsp3) is 0.400. The average molecular weight is 370 g/mol. The molecule has 6 heteroatoms. The maximum Gasteiger partial charge on any atom is 0.191 e. The van der Waals surface area contributed by atoms with Gasteiger partial charge in [-0.3, -0.25) is 4.99 Å². The number of rotatable bonds is 4. The molecule has 2 aliphatic rings. The van der Waals surface area contributed by atoms with E-state index in [4.69, 9.17) is 11.6 Å². The van der Waals surface area contributed by atoms with Crippen molar-refractivity contribution in [2.45, 2.75) is 24.8 Å². The molecule has 1 saturated heterocycles. The van der Waals surface area contributed by atoms with Crippen molar-refractivity contribution >= 4 is 23.4 Å². The summed E-state index contributed by atoms with van der Waals surface area (Å²) in [6, 6.07) is 12.8. The van der Waals surface area contributed by atoms with Gasteiger partial charge in [-0.2, -0.15) is 0 Å². The van der Waals surface area contributed by atoms with Crippen LogP contribution in [0.1, 0.15) is 23.5 Å². The summed E-state index contributed by atoms with van der Waals surface area (Å²) in [5, 5.41) is 7.73. The topological polar surface area (TPSA) is 52.6 Å². The summed E-state index contributed by atoms with van der Waals surface area (Å²) >= 11 is 6.27. The number of hydrogen-bond acceptors (Lipinski definition) is 3. The predicted molar refractivity (Wildman–Crippen MR) is 107 cm³/mol. The van der Waals surface area contributed by atoms with E-state index in [2.05, 4.69) is 49.8 Å². The van der Waals surface area contributed by atoms with Crippen LogP contribution in [0.25, 0.3) is 0 Å². The largest absolute Gasteiger partial charge is 0.356 e. The zero-order valence-electron chi connectivity index (χ0n) is 15.0. The van der Waals surface area contributed by atoms with Crippen molar-refractivity contribution in [3.63, 3.8) is 0 Å². The molecular weight excluding hydrogens is 346 g/mol. The minimum atomic E-state index is 0.341. The molecule has 1 fully saturated rings. The van der Waals surface area contributed by atoms with Gasteiger partial charge in [0, 0.05) is 44.8 Å². The molecule has 1 aromatic heterocycles. The highest BCUT2D eigenvalue weighted by Crippen LogP contribution is 2.34. The minimum Gasteiger partial charge on any atom is -0.356 e. The minimum absolute atomic E-state index is 0.341. The van der Waals surface area contributed by atoms with E-state index < -0.39 is 0 Å². The average Bonchev–Trinajstić information content (AvgIpc) is 3.10. The quantitative estimate of drug-likeness (QED) is 0.642. The Balaban J connectivity index is 1.29. The lowest BCUT2D eigenvalue weighted by Crippen LogP contribution is -2.46. The Morgan fingerprint density at radius 1 is 1.31 bits per heavy atom. The molecular formula is C20H24ClN5. The van der Waals surface area contributed by atoms with E-state index in [0.717, 1.165) is 44.3 Å². The van der Waals surface area contributed by atoms with Crippen LogP contribution in [0.2, 0.25) is 5.02 Å². The van der Waals surface area contributed by atoms with E-state index in [1.54, 1.807) is 6.20 Å². The molecule has 5 nitrogen and oxygen atoms in total. The van der Waals surface area contributed by atoms with Crippen LogP contribution in [0.4, 0.5) is 5.82 Å². The Morgan fingerprint density at radius 2 is 2.19 bits per heavy atom. The van der Waals surface area contributed by atoms with Gasteiger partial charge in [-0.25, -0.2) is 4.98 Å². The standard InChI is InChI=1S/C20H24ClN5/c1-22-20(24-12-15-11-14-5-2-3-6-17(14)15)25-16-8-10-26(13-16)19-18(21)7-4-9-23-19/h2-7,9,15-16H,8,10-13H2,1H3,(H2,22,24,25). The number of benzene rings is 1. The number of anilines is 1. The van der Waals surface area contributed by atoms with Crippen LogP contribution in [-0.4, -0.2) is 43.7 Å². The molecule has 2 heterocycles. The second-order valence-electron chi connectivity index (χ2n) is 6.94. The van der Waals surface area contributed by atoms with E-state index in [-0.39, 0.29) is 0 Å². The van der Waals surface area contributed by atoms with Gasteiger partial charge in [0.1, 0.15) is 5.82 Å². The number of aliphatic imine (C=N–C) groups is 1. The van der Waals surface area contributed by atoms with Crippen molar-refractivity contribution in [3.8, 4) is 0 Å². The Labute approximate surface area is 159 Å². The number of nitrogens with zero attached hydrogens (tertiary/aromatic N) is 3. The van der Waals surface area contributed by atoms with Gasteiger partial charge in [0.15, 0.2) is 5.96 Å². The molecule has 136 valence electrons.